The molecular formula is CH9N3O8P2. The first-order chi connectivity index (χ1) is 5.62. The number of carbonyl (C=O) groups excluding carboxylic acids is 1. The zero-order chi connectivity index (χ0) is 10.7. The van der Waals surface area contributed by atoms with Crippen molar-refractivity contribution < 1.29 is 37.5 Å². The summed E-state index contributed by atoms with van der Waals surface area (Å²) in [5.74, 6) is 0. The summed E-state index contributed by atoms with van der Waals surface area (Å²) in [6, 6.07) is -1.33. The Bertz CT molecular complexity index is 282. The van der Waals surface area contributed by atoms with Crippen molar-refractivity contribution in [2.24, 2.45) is 5.73 Å². The molecule has 0 radical (unpaired) electrons. The van der Waals surface area contributed by atoms with Crippen LogP contribution in [0.4, 0.5) is 4.79 Å². The number of phosphoric acid groups is 2. The molecule has 0 rings (SSSR count). The standard InChI is InChI=1S/CH6N2O8P2.H3N/c2-1(4)3-10-13(8,9)11-12(5,6)7;/h(H,8,9)(H3,2,3,4)(H2,5,6,7);1H3. The molecule has 2 amide bonds. The van der Waals surface area contributed by atoms with Gasteiger partial charge in [-0.1, -0.05) is 0 Å². The third kappa shape index (κ3) is 9.58. The van der Waals surface area contributed by atoms with Gasteiger partial charge in [-0.3, -0.25) is 0 Å². The highest BCUT2D eigenvalue weighted by Gasteiger charge is 2.33. The number of hydrogen-bond donors (Lipinski definition) is 6. The smallest absolute Gasteiger partial charge is 0.350 e. The van der Waals surface area contributed by atoms with E-state index in [1.807, 2.05) is 0 Å². The molecule has 11 nitrogen and oxygen atoms in total. The number of nitrogens with two attached hydrogens (primary N) is 1. The lowest BCUT2D eigenvalue weighted by molar-refractivity contribution is 0.129. The molecule has 0 aliphatic heterocycles. The van der Waals surface area contributed by atoms with Crippen LogP contribution in [0.1, 0.15) is 0 Å². The Hall–Kier alpha value is -0.510. The fourth-order valence-corrected chi connectivity index (χ4v) is 1.67. The predicted molar refractivity (Wildman–Crippen MR) is 41.8 cm³/mol. The molecule has 1 unspecified atom stereocenters. The maximum Gasteiger partial charge on any atom is 0.502 e. The van der Waals surface area contributed by atoms with Crippen LogP contribution in [0.15, 0.2) is 0 Å². The second-order valence-electron chi connectivity index (χ2n) is 1.60. The molecule has 13 heteroatoms. The van der Waals surface area contributed by atoms with Gasteiger partial charge < -0.3 is 26.6 Å². The maximum absolute atomic E-state index is 10.5. The summed E-state index contributed by atoms with van der Waals surface area (Å²) in [4.78, 5) is 34.5. The topological polar surface area (TPSA) is 203 Å². The molecule has 86 valence electrons. The highest BCUT2D eigenvalue weighted by molar-refractivity contribution is 7.60. The zero-order valence-electron chi connectivity index (χ0n) is 6.56. The fraction of sp³-hybridized carbons (Fsp3) is 0. The number of primary amides is 1. The van der Waals surface area contributed by atoms with Gasteiger partial charge in [0.2, 0.25) is 0 Å². The van der Waals surface area contributed by atoms with Crippen molar-refractivity contribution in [3.63, 3.8) is 0 Å². The molecule has 0 saturated carbocycles. The Labute approximate surface area is 77.6 Å². The third-order valence-electron chi connectivity index (χ3n) is 0.471. The summed E-state index contributed by atoms with van der Waals surface area (Å²) in [5.41, 5.74) is 5.57. The molecular weight excluding hydrogens is 244 g/mol. The van der Waals surface area contributed by atoms with E-state index in [0.29, 0.717) is 0 Å². The molecule has 1 atom stereocenters. The highest BCUT2D eigenvalue weighted by Crippen LogP contribution is 2.56. The Morgan fingerprint density at radius 1 is 1.29 bits per heavy atom. The summed E-state index contributed by atoms with van der Waals surface area (Å²) in [5, 5.41) is 0. The second-order valence-corrected chi connectivity index (χ2v) is 4.35. The van der Waals surface area contributed by atoms with E-state index in [4.69, 9.17) is 14.7 Å². The largest absolute Gasteiger partial charge is 0.502 e. The molecule has 0 aromatic carbocycles. The number of hydrogen-bond acceptors (Lipinski definition) is 6. The molecule has 14 heavy (non-hydrogen) atoms. The summed E-state index contributed by atoms with van der Waals surface area (Å²) in [6.45, 7) is 0. The normalized spacial score (nSPS) is 15.1. The first-order valence-electron chi connectivity index (χ1n) is 2.46. The van der Waals surface area contributed by atoms with Crippen molar-refractivity contribution >= 4 is 21.7 Å². The third-order valence-corrected chi connectivity index (χ3v) is 2.47. The lowest BCUT2D eigenvalue weighted by atomic mass is 11.2. The van der Waals surface area contributed by atoms with Gasteiger partial charge in [0.25, 0.3) is 0 Å². The molecule has 0 aliphatic carbocycles. The Morgan fingerprint density at radius 3 is 2.00 bits per heavy atom. The van der Waals surface area contributed by atoms with Crippen LogP contribution in [0.5, 0.6) is 0 Å². The van der Waals surface area contributed by atoms with Gasteiger partial charge in [-0.2, -0.15) is 8.94 Å². The van der Waals surface area contributed by atoms with Crippen molar-refractivity contribution in [3.8, 4) is 0 Å². The van der Waals surface area contributed by atoms with E-state index in [1.54, 1.807) is 0 Å². The summed E-state index contributed by atoms with van der Waals surface area (Å²) < 4.78 is 27.3. The second kappa shape index (κ2) is 5.39. The molecule has 0 aromatic rings. The monoisotopic (exact) mass is 253 g/mol. The van der Waals surface area contributed by atoms with Gasteiger partial charge in [0.15, 0.2) is 0 Å². The first-order valence-corrected chi connectivity index (χ1v) is 5.49. The molecule has 0 fully saturated rings. The maximum atomic E-state index is 10.5. The average Bonchev–Trinajstić information content (AvgIpc) is 1.78. The minimum atomic E-state index is -5.18. The van der Waals surface area contributed by atoms with E-state index in [0.717, 1.165) is 0 Å². The Kier molecular flexibility index (Phi) is 6.14. The zero-order valence-corrected chi connectivity index (χ0v) is 8.35. The predicted octanol–water partition coefficient (Wildman–Crippen LogP) is -1.04. The quantitative estimate of drug-likeness (QED) is 0.267. The van der Waals surface area contributed by atoms with Crippen LogP contribution in [-0.4, -0.2) is 20.7 Å². The Morgan fingerprint density at radius 2 is 1.71 bits per heavy atom. The van der Waals surface area contributed by atoms with Crippen LogP contribution in [-0.2, 0) is 18.1 Å². The number of carbonyl (C=O) groups is 1. The van der Waals surface area contributed by atoms with E-state index in [1.165, 1.54) is 5.48 Å². The van der Waals surface area contributed by atoms with Crippen LogP contribution in [0.2, 0.25) is 0 Å². The van der Waals surface area contributed by atoms with E-state index in [9.17, 15) is 13.9 Å². The van der Waals surface area contributed by atoms with Crippen LogP contribution in [0.3, 0.4) is 0 Å². The summed E-state index contributed by atoms with van der Waals surface area (Å²) in [7, 11) is -10.2. The van der Waals surface area contributed by atoms with E-state index < -0.39 is 21.7 Å². The summed E-state index contributed by atoms with van der Waals surface area (Å²) >= 11 is 0. The number of amides is 2. The molecule has 0 spiro atoms. The fourth-order valence-electron chi connectivity index (χ4n) is 0.254. The van der Waals surface area contributed by atoms with Gasteiger partial charge in [0.05, 0.1) is 0 Å². The van der Waals surface area contributed by atoms with Gasteiger partial charge in [-0.05, 0) is 0 Å². The van der Waals surface area contributed by atoms with E-state index >= 15 is 0 Å². The lowest BCUT2D eigenvalue weighted by Gasteiger charge is -2.10. The van der Waals surface area contributed by atoms with Crippen LogP contribution in [0.25, 0.3) is 0 Å². The highest BCUT2D eigenvalue weighted by atomic mass is 31.3. The van der Waals surface area contributed by atoms with Crippen molar-refractivity contribution in [2.75, 3.05) is 0 Å². The van der Waals surface area contributed by atoms with Crippen molar-refractivity contribution in [1.29, 1.82) is 0 Å². The average molecular weight is 253 g/mol. The van der Waals surface area contributed by atoms with Crippen molar-refractivity contribution in [1.82, 2.24) is 11.6 Å². The minimum absolute atomic E-state index is 0. The molecule has 0 saturated heterocycles. The first kappa shape index (κ1) is 15.9. The van der Waals surface area contributed by atoms with Crippen LogP contribution < -0.4 is 17.4 Å². The summed E-state index contributed by atoms with van der Waals surface area (Å²) in [6.07, 6.45) is 0. The number of nitrogens with one attached hydrogen (secondary N) is 1. The number of urea groups is 1. The minimum Gasteiger partial charge on any atom is -0.350 e. The van der Waals surface area contributed by atoms with Gasteiger partial charge in [0.1, 0.15) is 0 Å². The number of hydroxylamine groups is 1. The van der Waals surface area contributed by atoms with Crippen LogP contribution in [0, 0.1) is 0 Å². The van der Waals surface area contributed by atoms with Gasteiger partial charge in [-0.25, -0.2) is 19.4 Å². The van der Waals surface area contributed by atoms with Crippen molar-refractivity contribution in [3.05, 3.63) is 0 Å². The number of rotatable bonds is 4. The molecule has 0 heterocycles. The van der Waals surface area contributed by atoms with Gasteiger partial charge in [0, 0.05) is 0 Å². The van der Waals surface area contributed by atoms with E-state index in [-0.39, 0.29) is 6.15 Å². The SMILES string of the molecule is N.NC(=O)NOP(=O)(O)OP(=O)(O)O. The van der Waals surface area contributed by atoms with Gasteiger partial charge >= 0.3 is 21.7 Å². The van der Waals surface area contributed by atoms with Crippen LogP contribution >= 0.6 is 15.6 Å². The molecule has 9 N–H and O–H groups in total. The molecule has 0 aliphatic rings. The molecule has 0 aromatic heterocycles. The van der Waals surface area contributed by atoms with E-state index in [2.05, 4.69) is 14.7 Å². The lowest BCUT2D eigenvalue weighted by Crippen LogP contribution is -2.28. The van der Waals surface area contributed by atoms with Gasteiger partial charge in [-0.15, -0.1) is 0 Å². The van der Waals surface area contributed by atoms with Crippen molar-refractivity contribution in [2.45, 2.75) is 0 Å². The Balaban J connectivity index is 0. The molecule has 0 bridgehead atoms.